The molecule has 15 heavy (non-hydrogen) atoms. The minimum atomic E-state index is -0.198. The zero-order valence-corrected chi connectivity index (χ0v) is 12.0. The number of thiophene rings is 1. The Morgan fingerprint density at radius 2 is 2.13 bits per heavy atom. The normalized spacial score (nSPS) is 14.2. The van der Waals surface area contributed by atoms with Crippen LogP contribution in [0.1, 0.15) is 38.5 Å². The molecular formula is C12H19BrOS. The van der Waals surface area contributed by atoms with Crippen molar-refractivity contribution in [2.45, 2.75) is 46.1 Å². The van der Waals surface area contributed by atoms with Gasteiger partial charge in [0.25, 0.3) is 0 Å². The van der Waals surface area contributed by atoms with E-state index in [-0.39, 0.29) is 11.5 Å². The van der Waals surface area contributed by atoms with Gasteiger partial charge in [-0.15, -0.1) is 11.3 Å². The van der Waals surface area contributed by atoms with Crippen molar-refractivity contribution in [1.29, 1.82) is 0 Å². The van der Waals surface area contributed by atoms with Crippen LogP contribution in [0, 0.1) is 5.41 Å². The standard InChI is InChI=1S/C12H19BrOS/c1-12(2,3)11(14)6-4-5-10-9(13)7-8-15-10/h7-8,11,14H,4-6H2,1-3H3. The van der Waals surface area contributed by atoms with E-state index in [1.165, 1.54) is 9.35 Å². The highest BCUT2D eigenvalue weighted by Gasteiger charge is 2.21. The third-order valence-corrected chi connectivity index (χ3v) is 4.56. The van der Waals surface area contributed by atoms with Crippen molar-refractivity contribution in [3.8, 4) is 0 Å². The Bertz CT molecular complexity index is 301. The molecule has 1 heterocycles. The van der Waals surface area contributed by atoms with Gasteiger partial charge < -0.3 is 5.11 Å². The number of hydrogen-bond acceptors (Lipinski definition) is 2. The summed E-state index contributed by atoms with van der Waals surface area (Å²) in [4.78, 5) is 1.39. The number of aliphatic hydroxyl groups is 1. The van der Waals surface area contributed by atoms with Crippen molar-refractivity contribution in [2.75, 3.05) is 0 Å². The Morgan fingerprint density at radius 3 is 2.60 bits per heavy atom. The van der Waals surface area contributed by atoms with Gasteiger partial charge in [-0.2, -0.15) is 0 Å². The second-order valence-electron chi connectivity index (χ2n) is 4.97. The lowest BCUT2D eigenvalue weighted by atomic mass is 9.86. The molecule has 0 radical (unpaired) electrons. The summed E-state index contributed by atoms with van der Waals surface area (Å²) in [5.41, 5.74) is 0.00663. The molecule has 1 atom stereocenters. The van der Waals surface area contributed by atoms with Gasteiger partial charge in [0.05, 0.1) is 6.10 Å². The molecule has 1 aromatic rings. The largest absolute Gasteiger partial charge is 0.393 e. The van der Waals surface area contributed by atoms with Gasteiger partial charge in [-0.1, -0.05) is 20.8 Å². The summed E-state index contributed by atoms with van der Waals surface area (Å²) in [7, 11) is 0. The van der Waals surface area contributed by atoms with Crippen molar-refractivity contribution in [3.63, 3.8) is 0 Å². The van der Waals surface area contributed by atoms with E-state index < -0.39 is 0 Å². The molecule has 0 saturated carbocycles. The van der Waals surface area contributed by atoms with E-state index in [2.05, 4.69) is 48.1 Å². The first-order valence-corrected chi connectivity index (χ1v) is 6.98. The van der Waals surface area contributed by atoms with Gasteiger partial charge in [-0.05, 0) is 52.1 Å². The summed E-state index contributed by atoms with van der Waals surface area (Å²) in [6, 6.07) is 2.08. The summed E-state index contributed by atoms with van der Waals surface area (Å²) in [5, 5.41) is 12.0. The molecule has 1 rings (SSSR count). The maximum atomic E-state index is 9.88. The van der Waals surface area contributed by atoms with E-state index in [4.69, 9.17) is 0 Å². The number of hydrogen-bond donors (Lipinski definition) is 1. The topological polar surface area (TPSA) is 20.2 Å². The zero-order chi connectivity index (χ0) is 11.5. The molecule has 0 bridgehead atoms. The first-order valence-electron chi connectivity index (χ1n) is 5.31. The maximum absolute atomic E-state index is 9.88. The summed E-state index contributed by atoms with van der Waals surface area (Å²) >= 11 is 5.30. The Hall–Kier alpha value is 0.140. The third-order valence-electron chi connectivity index (χ3n) is 2.57. The van der Waals surface area contributed by atoms with Gasteiger partial charge in [0.1, 0.15) is 0 Å². The molecule has 0 amide bonds. The molecule has 86 valence electrons. The van der Waals surface area contributed by atoms with Crippen LogP contribution in [0.15, 0.2) is 15.9 Å². The Labute approximate surface area is 105 Å². The quantitative estimate of drug-likeness (QED) is 0.879. The molecular weight excluding hydrogens is 272 g/mol. The molecule has 1 aromatic heterocycles. The fourth-order valence-electron chi connectivity index (χ4n) is 1.39. The van der Waals surface area contributed by atoms with Crippen LogP contribution in [-0.2, 0) is 6.42 Å². The van der Waals surface area contributed by atoms with Crippen LogP contribution in [0.4, 0.5) is 0 Å². The number of aryl methyl sites for hydroxylation is 1. The molecule has 3 heteroatoms. The van der Waals surface area contributed by atoms with Crippen LogP contribution in [0.25, 0.3) is 0 Å². The average molecular weight is 291 g/mol. The van der Waals surface area contributed by atoms with Gasteiger partial charge in [0, 0.05) is 9.35 Å². The second kappa shape index (κ2) is 5.46. The van der Waals surface area contributed by atoms with Crippen molar-refractivity contribution in [1.82, 2.24) is 0 Å². The summed E-state index contributed by atoms with van der Waals surface area (Å²) in [6.07, 6.45) is 2.80. The van der Waals surface area contributed by atoms with Crippen LogP contribution in [0.2, 0.25) is 0 Å². The first-order chi connectivity index (χ1) is 6.91. The van der Waals surface area contributed by atoms with Crippen LogP contribution in [0.3, 0.4) is 0 Å². The lowest BCUT2D eigenvalue weighted by Crippen LogP contribution is -2.25. The van der Waals surface area contributed by atoms with Gasteiger partial charge in [0.2, 0.25) is 0 Å². The lowest BCUT2D eigenvalue weighted by molar-refractivity contribution is 0.0541. The van der Waals surface area contributed by atoms with Crippen LogP contribution in [0.5, 0.6) is 0 Å². The smallest absolute Gasteiger partial charge is 0.0588 e. The van der Waals surface area contributed by atoms with Crippen molar-refractivity contribution < 1.29 is 5.11 Å². The highest BCUT2D eigenvalue weighted by atomic mass is 79.9. The van der Waals surface area contributed by atoms with Crippen LogP contribution >= 0.6 is 27.3 Å². The highest BCUT2D eigenvalue weighted by Crippen LogP contribution is 2.27. The Balaban J connectivity index is 2.31. The summed E-state index contributed by atoms with van der Waals surface area (Å²) < 4.78 is 1.21. The molecule has 0 aliphatic rings. The fourth-order valence-corrected chi connectivity index (χ4v) is 2.99. The van der Waals surface area contributed by atoms with E-state index in [0.717, 1.165) is 19.3 Å². The number of aliphatic hydroxyl groups excluding tert-OH is 1. The van der Waals surface area contributed by atoms with Crippen LogP contribution in [-0.4, -0.2) is 11.2 Å². The van der Waals surface area contributed by atoms with Gasteiger partial charge in [0.15, 0.2) is 0 Å². The summed E-state index contributed by atoms with van der Waals surface area (Å²) in [5.74, 6) is 0. The van der Waals surface area contributed by atoms with Gasteiger partial charge in [-0.3, -0.25) is 0 Å². The average Bonchev–Trinajstić information content (AvgIpc) is 2.50. The Morgan fingerprint density at radius 1 is 1.47 bits per heavy atom. The Kier molecular flexibility index (Phi) is 4.81. The first kappa shape index (κ1) is 13.2. The van der Waals surface area contributed by atoms with Gasteiger partial charge in [-0.25, -0.2) is 0 Å². The molecule has 1 unspecified atom stereocenters. The number of rotatable bonds is 4. The minimum absolute atomic E-state index is 0.00663. The lowest BCUT2D eigenvalue weighted by Gasteiger charge is -2.25. The predicted octanol–water partition coefficient (Wildman–Crippen LogP) is 4.24. The fraction of sp³-hybridized carbons (Fsp3) is 0.667. The van der Waals surface area contributed by atoms with E-state index in [1.807, 2.05) is 0 Å². The molecule has 0 aliphatic carbocycles. The van der Waals surface area contributed by atoms with E-state index >= 15 is 0 Å². The van der Waals surface area contributed by atoms with Crippen molar-refractivity contribution in [2.24, 2.45) is 5.41 Å². The second-order valence-corrected chi connectivity index (χ2v) is 6.82. The van der Waals surface area contributed by atoms with E-state index in [1.54, 1.807) is 11.3 Å². The van der Waals surface area contributed by atoms with Crippen molar-refractivity contribution in [3.05, 3.63) is 20.8 Å². The SMILES string of the molecule is CC(C)(C)C(O)CCCc1sccc1Br. The molecule has 0 saturated heterocycles. The van der Waals surface area contributed by atoms with E-state index in [0.29, 0.717) is 0 Å². The molecule has 0 spiro atoms. The molecule has 1 nitrogen and oxygen atoms in total. The van der Waals surface area contributed by atoms with Crippen molar-refractivity contribution >= 4 is 27.3 Å². The molecule has 1 N–H and O–H groups in total. The molecule has 0 fully saturated rings. The third kappa shape index (κ3) is 4.25. The van der Waals surface area contributed by atoms with E-state index in [9.17, 15) is 5.11 Å². The molecule has 0 aliphatic heterocycles. The monoisotopic (exact) mass is 290 g/mol. The minimum Gasteiger partial charge on any atom is -0.393 e. The number of halogens is 1. The van der Waals surface area contributed by atoms with Crippen LogP contribution < -0.4 is 0 Å². The zero-order valence-electron chi connectivity index (χ0n) is 9.59. The highest BCUT2D eigenvalue weighted by molar-refractivity contribution is 9.10. The summed E-state index contributed by atoms with van der Waals surface area (Å²) in [6.45, 7) is 6.25. The molecule has 0 aromatic carbocycles. The predicted molar refractivity (Wildman–Crippen MR) is 70.4 cm³/mol. The maximum Gasteiger partial charge on any atom is 0.0588 e. The van der Waals surface area contributed by atoms with Gasteiger partial charge >= 0.3 is 0 Å².